The summed E-state index contributed by atoms with van der Waals surface area (Å²) >= 11 is 3.86. The lowest BCUT2D eigenvalue weighted by Crippen LogP contribution is -2.10. The van der Waals surface area contributed by atoms with Crippen LogP contribution in [0.25, 0.3) is 0 Å². The van der Waals surface area contributed by atoms with Crippen LogP contribution in [0.5, 0.6) is 0 Å². The van der Waals surface area contributed by atoms with E-state index in [0.29, 0.717) is 42.6 Å². The number of anilines is 1. The Bertz CT molecular complexity index is 2700. The summed E-state index contributed by atoms with van der Waals surface area (Å²) in [5, 5.41) is 9.42. The van der Waals surface area contributed by atoms with E-state index < -0.39 is 31.6 Å². The molecule has 5 aromatic rings. The summed E-state index contributed by atoms with van der Waals surface area (Å²) in [5.74, 6) is -2.45. The van der Waals surface area contributed by atoms with E-state index in [1.807, 2.05) is 79.7 Å². The van der Waals surface area contributed by atoms with E-state index in [2.05, 4.69) is 25.5 Å². The Hall–Kier alpha value is -4.35. The normalized spacial score (nSPS) is 12.1. The Morgan fingerprint density at radius 1 is 0.556 bits per heavy atom. The number of hydrogen-bond donors (Lipinski definition) is 2. The minimum atomic E-state index is -3.61. The van der Waals surface area contributed by atoms with Gasteiger partial charge in [0.05, 0.1) is 41.2 Å². The number of aromatic carboxylic acids is 1. The fourth-order valence-corrected chi connectivity index (χ4v) is 12.9. The minimum Gasteiger partial charge on any atom is -0.477 e. The lowest BCUT2D eigenvalue weighted by atomic mass is 9.94. The number of methoxy groups -OCH3 is 2. The molecule has 0 fully saturated rings. The molecule has 0 atom stereocenters. The molecule has 0 amide bonds. The number of carbonyl (C=O) groups excluding carboxylic acids is 2. The first-order chi connectivity index (χ1) is 28.7. The zero-order valence-electron chi connectivity index (χ0n) is 38.9. The van der Waals surface area contributed by atoms with Crippen molar-refractivity contribution in [1.29, 1.82) is 0 Å². The van der Waals surface area contributed by atoms with Gasteiger partial charge in [0.15, 0.2) is 19.7 Å². The molecule has 63 heavy (non-hydrogen) atoms. The van der Waals surface area contributed by atoms with Crippen LogP contribution in [0.3, 0.4) is 0 Å². The van der Waals surface area contributed by atoms with E-state index in [0.717, 1.165) is 37.1 Å². The Morgan fingerprint density at radius 3 is 1.22 bits per heavy atom. The van der Waals surface area contributed by atoms with E-state index in [1.54, 1.807) is 44.2 Å². The third kappa shape index (κ3) is 13.8. The summed E-state index contributed by atoms with van der Waals surface area (Å²) in [6.07, 6.45) is 0. The van der Waals surface area contributed by atoms with Crippen LogP contribution in [0.4, 0.5) is 5.69 Å². The van der Waals surface area contributed by atoms with Crippen molar-refractivity contribution in [2.24, 2.45) is 0 Å². The van der Waals surface area contributed by atoms with Gasteiger partial charge < -0.3 is 20.3 Å². The highest BCUT2D eigenvalue weighted by molar-refractivity contribution is 7.91. The highest BCUT2D eigenvalue weighted by Crippen LogP contribution is 2.37. The number of rotatable bonds is 9. The zero-order chi connectivity index (χ0) is 48.2. The van der Waals surface area contributed by atoms with Crippen molar-refractivity contribution in [3.8, 4) is 0 Å². The number of thiophene rings is 3. The van der Waals surface area contributed by atoms with Gasteiger partial charge in [-0.3, -0.25) is 0 Å². The standard InChI is InChI=1S/C19H24O4S2.C18H22O4S2.C10H15NO2S/c1-12-7-8-15(13(2)9-12)25(21,22)11-14-10-16(19(3,4)5)24-17(14)18(20)23-6;1-11-6-7-14(12(2)8-11)24(21,22)10-13-9-15(18(3,4)5)23-16(13)17(19)20;1-10(2,3)7-5-6(11)8(14-7)9(12)13-4/h7-10H,11H2,1-6H3;6-9H,10H2,1-5H3,(H,19,20);5H,11H2,1-4H3. The number of nitrogens with two attached hydrogens (primary N) is 1. The molecule has 0 saturated carbocycles. The van der Waals surface area contributed by atoms with E-state index >= 15 is 0 Å². The van der Waals surface area contributed by atoms with Gasteiger partial charge in [-0.1, -0.05) is 97.7 Å². The maximum absolute atomic E-state index is 12.9. The molecule has 11 nitrogen and oxygen atoms in total. The number of esters is 2. The van der Waals surface area contributed by atoms with Crippen molar-refractivity contribution in [1.82, 2.24) is 0 Å². The van der Waals surface area contributed by atoms with Gasteiger partial charge in [-0.2, -0.15) is 0 Å². The van der Waals surface area contributed by atoms with Crippen molar-refractivity contribution >= 4 is 77.3 Å². The number of carboxylic acid groups (broad SMARTS) is 1. The average Bonchev–Trinajstić information content (AvgIpc) is 3.88. The van der Waals surface area contributed by atoms with Crippen LogP contribution in [0, 0.1) is 27.7 Å². The topological polar surface area (TPSA) is 184 Å². The lowest BCUT2D eigenvalue weighted by Gasteiger charge is -2.15. The van der Waals surface area contributed by atoms with Gasteiger partial charge in [-0.15, -0.1) is 34.0 Å². The van der Waals surface area contributed by atoms with Crippen molar-refractivity contribution in [2.75, 3.05) is 20.0 Å². The van der Waals surface area contributed by atoms with Crippen LogP contribution in [0.2, 0.25) is 0 Å². The Kier molecular flexibility index (Phi) is 17.0. The summed E-state index contributed by atoms with van der Waals surface area (Å²) in [7, 11) is -4.50. The zero-order valence-corrected chi connectivity index (χ0v) is 42.9. The highest BCUT2D eigenvalue weighted by Gasteiger charge is 2.29. The molecule has 0 radical (unpaired) electrons. The second-order valence-corrected chi connectivity index (χ2v) is 25.5. The summed E-state index contributed by atoms with van der Waals surface area (Å²) in [6, 6.07) is 15.8. The Balaban J connectivity index is 0.000000262. The largest absolute Gasteiger partial charge is 0.477 e. The number of ether oxygens (including phenoxy) is 2. The summed E-state index contributed by atoms with van der Waals surface area (Å²) in [6.45, 7) is 25.6. The van der Waals surface area contributed by atoms with E-state index in [4.69, 9.17) is 10.5 Å². The molecule has 0 saturated heterocycles. The van der Waals surface area contributed by atoms with Crippen molar-refractivity contribution in [2.45, 2.75) is 128 Å². The van der Waals surface area contributed by atoms with Crippen LogP contribution < -0.4 is 5.73 Å². The average molecular weight is 960 g/mol. The van der Waals surface area contributed by atoms with Gasteiger partial charge in [-0.25, -0.2) is 31.2 Å². The minimum absolute atomic E-state index is 0.0189. The molecule has 0 aliphatic rings. The first kappa shape index (κ1) is 53.0. The van der Waals surface area contributed by atoms with Crippen molar-refractivity contribution in [3.05, 3.63) is 117 Å². The predicted octanol–water partition coefficient (Wildman–Crippen LogP) is 11.2. The highest BCUT2D eigenvalue weighted by atomic mass is 32.2. The molecular weight excluding hydrogens is 899 g/mol. The quantitative estimate of drug-likeness (QED) is 0.134. The van der Waals surface area contributed by atoms with Crippen molar-refractivity contribution < 1.29 is 45.8 Å². The van der Waals surface area contributed by atoms with Gasteiger partial charge in [0, 0.05) is 14.6 Å². The molecule has 0 aliphatic heterocycles. The first-order valence-electron chi connectivity index (χ1n) is 19.9. The molecular formula is C47H61NO10S5. The fourth-order valence-electron chi connectivity index (χ4n) is 6.15. The number of sulfone groups is 2. The number of aryl methyl sites for hydroxylation is 4. The van der Waals surface area contributed by atoms with Crippen molar-refractivity contribution in [3.63, 3.8) is 0 Å². The third-order valence-electron chi connectivity index (χ3n) is 9.55. The molecule has 5 rings (SSSR count). The smallest absolute Gasteiger partial charge is 0.350 e. The molecule has 2 aromatic carbocycles. The van der Waals surface area contributed by atoms with Crippen LogP contribution >= 0.6 is 34.0 Å². The number of carbonyl (C=O) groups is 3. The molecule has 344 valence electrons. The second kappa shape index (κ2) is 20.2. The predicted molar refractivity (Wildman–Crippen MR) is 257 cm³/mol. The third-order valence-corrected chi connectivity index (χ3v) is 17.9. The molecule has 0 spiro atoms. The number of nitrogen functional groups attached to an aromatic ring is 1. The second-order valence-electron chi connectivity index (χ2n) is 18.4. The maximum atomic E-state index is 12.9. The first-order valence-corrected chi connectivity index (χ1v) is 25.6. The summed E-state index contributed by atoms with van der Waals surface area (Å²) in [4.78, 5) is 39.3. The number of benzene rings is 2. The monoisotopic (exact) mass is 959 g/mol. The summed E-state index contributed by atoms with van der Waals surface area (Å²) in [5.41, 5.74) is 10.1. The number of hydrogen-bond acceptors (Lipinski definition) is 13. The van der Waals surface area contributed by atoms with Gasteiger partial charge in [0.25, 0.3) is 0 Å². The Morgan fingerprint density at radius 2 is 0.889 bits per heavy atom. The van der Waals surface area contributed by atoms with Gasteiger partial charge in [-0.05, 0) is 96.5 Å². The number of carboxylic acids is 1. The molecule has 0 bridgehead atoms. The van der Waals surface area contributed by atoms with Crippen LogP contribution in [0.15, 0.2) is 64.4 Å². The molecule has 0 aliphatic carbocycles. The lowest BCUT2D eigenvalue weighted by molar-refractivity contribution is 0.0597. The van der Waals surface area contributed by atoms with E-state index in [-0.39, 0.29) is 43.5 Å². The SMILES string of the molecule is COC(=O)c1sc(C(C)(C)C)cc1CS(=O)(=O)c1ccc(C)cc1C.COC(=O)c1sc(C(C)(C)C)cc1N.Cc1ccc(S(=O)(=O)Cc2cc(C(C)(C)C)sc2C(=O)O)c(C)c1. The molecule has 3 aromatic heterocycles. The summed E-state index contributed by atoms with van der Waals surface area (Å²) < 4.78 is 60.8. The van der Waals surface area contributed by atoms with Crippen LogP contribution in [0.1, 0.15) is 139 Å². The van der Waals surface area contributed by atoms with E-state index in [9.17, 15) is 36.3 Å². The van der Waals surface area contributed by atoms with Gasteiger partial charge in [0.2, 0.25) is 0 Å². The Labute approximate surface area is 385 Å². The van der Waals surface area contributed by atoms with Crippen LogP contribution in [-0.2, 0) is 56.9 Å². The van der Waals surface area contributed by atoms with Gasteiger partial charge in [0.1, 0.15) is 14.6 Å². The molecule has 3 N–H and O–H groups in total. The van der Waals surface area contributed by atoms with Gasteiger partial charge >= 0.3 is 17.9 Å². The molecule has 0 unspecified atom stereocenters. The maximum Gasteiger partial charge on any atom is 0.350 e. The van der Waals surface area contributed by atoms with Crippen LogP contribution in [-0.4, -0.2) is 54.1 Å². The molecule has 3 heterocycles. The van der Waals surface area contributed by atoms with E-state index in [1.165, 1.54) is 36.9 Å². The molecule has 16 heteroatoms. The fraction of sp³-hybridized carbons (Fsp3) is 0.426.